The summed E-state index contributed by atoms with van der Waals surface area (Å²) in [5.74, 6) is -3.66. The van der Waals surface area contributed by atoms with Crippen LogP contribution in [0, 0.1) is 11.8 Å². The summed E-state index contributed by atoms with van der Waals surface area (Å²) in [6, 6.07) is 25.9. The second-order valence-electron chi connectivity index (χ2n) is 14.2. The number of nitrogens with zero attached hydrogens (tertiary/aromatic N) is 3. The van der Waals surface area contributed by atoms with Crippen LogP contribution in [0.3, 0.4) is 0 Å². The van der Waals surface area contributed by atoms with Crippen LogP contribution in [0.25, 0.3) is 0 Å². The number of ether oxygens (including phenoxy) is 2. The Morgan fingerprint density at radius 3 is 2.19 bits per heavy atom. The molecule has 4 heterocycles. The molecule has 8 atom stereocenters. The number of rotatable bonds is 7. The van der Waals surface area contributed by atoms with Crippen molar-refractivity contribution in [2.75, 3.05) is 20.2 Å². The number of carbonyl (C=O) groups excluding carboxylic acids is 4. The maximum absolute atomic E-state index is 15.1. The summed E-state index contributed by atoms with van der Waals surface area (Å²) >= 11 is 0. The molecule has 3 amide bonds. The SMILES string of the molecule is C[C@@H]1[C@@H](c2ccccc2)OC(=O)[C@@H]2[C@@H]3C=C[C@]4(O3)[C@H](C(=O)N(Cc3ccccc3)C/C=C\CCC(=O)N1C)N([C@@H](CO)Cc1ccccc1)C(=O)[C@@H]24. The molecule has 1 spiro atoms. The summed E-state index contributed by atoms with van der Waals surface area (Å²) < 4.78 is 13.0. The molecule has 10 nitrogen and oxygen atoms in total. The van der Waals surface area contributed by atoms with E-state index in [-0.39, 0.29) is 31.3 Å². The minimum atomic E-state index is -1.46. The van der Waals surface area contributed by atoms with E-state index in [4.69, 9.17) is 9.47 Å². The van der Waals surface area contributed by atoms with Crippen LogP contribution >= 0.6 is 0 Å². The molecule has 5 bridgehead atoms. The molecule has 3 aromatic carbocycles. The van der Waals surface area contributed by atoms with E-state index in [9.17, 15) is 19.5 Å². The van der Waals surface area contributed by atoms with Gasteiger partial charge in [0.15, 0.2) is 0 Å². The second kappa shape index (κ2) is 14.9. The summed E-state index contributed by atoms with van der Waals surface area (Å²) in [6.45, 7) is 1.91. The van der Waals surface area contributed by atoms with Gasteiger partial charge in [0, 0.05) is 26.6 Å². The van der Waals surface area contributed by atoms with E-state index in [1.807, 2.05) is 110 Å². The van der Waals surface area contributed by atoms with Gasteiger partial charge in [0.25, 0.3) is 0 Å². The number of aliphatic hydroxyl groups excluding tert-OH is 1. The van der Waals surface area contributed by atoms with Crippen molar-refractivity contribution < 1.29 is 33.8 Å². The topological polar surface area (TPSA) is 117 Å². The molecule has 2 saturated heterocycles. The number of hydrogen-bond donors (Lipinski definition) is 1. The number of amides is 3. The summed E-state index contributed by atoms with van der Waals surface area (Å²) in [7, 11) is 1.71. The number of fused-ring (bicyclic) bond motifs is 2. The van der Waals surface area contributed by atoms with Gasteiger partial charge in [-0.1, -0.05) is 115 Å². The van der Waals surface area contributed by atoms with Crippen LogP contribution < -0.4 is 0 Å². The summed E-state index contributed by atoms with van der Waals surface area (Å²) in [6.07, 6.45) is 6.65. The number of allylic oxidation sites excluding steroid dienone is 1. The van der Waals surface area contributed by atoms with Crippen molar-refractivity contribution in [3.63, 3.8) is 0 Å². The van der Waals surface area contributed by atoms with Gasteiger partial charge in [0.1, 0.15) is 23.7 Å². The van der Waals surface area contributed by atoms with Gasteiger partial charge in [-0.05, 0) is 36.5 Å². The van der Waals surface area contributed by atoms with Gasteiger partial charge in [-0.3, -0.25) is 19.2 Å². The molecule has 270 valence electrons. The monoisotopic (exact) mass is 703 g/mol. The smallest absolute Gasteiger partial charge is 0.313 e. The highest BCUT2D eigenvalue weighted by Crippen LogP contribution is 2.56. The molecule has 3 aromatic rings. The first-order chi connectivity index (χ1) is 25.2. The fraction of sp³-hybridized carbons (Fsp3) is 0.381. The standard InChI is InChI=1S/C42H45N3O7/c1-28-37(31-19-11-5-12-20-31)51-41(50)35-33-22-23-42(52-33)36(35)39(48)45(32(27-46)25-29-15-7-3-8-16-29)38(42)40(49)44(26-30-17-9-4-10-18-30)24-14-6-13-21-34(47)43(28)2/h3-12,14-20,22-23,28,32-33,35-38,46H,13,21,24-27H2,1-2H3/b14-6-/t28-,32-,33+,35-,36-,37+,38+,42-/m1/s1. The Balaban J connectivity index is 1.33. The molecule has 4 aliphatic rings. The molecular formula is C42H45N3O7. The molecule has 4 aliphatic heterocycles. The Kier molecular flexibility index (Phi) is 10.1. The van der Waals surface area contributed by atoms with Crippen molar-refractivity contribution in [3.05, 3.63) is 132 Å². The summed E-state index contributed by atoms with van der Waals surface area (Å²) in [4.78, 5) is 62.8. The van der Waals surface area contributed by atoms with Gasteiger partial charge >= 0.3 is 5.97 Å². The van der Waals surface area contributed by atoms with E-state index in [0.29, 0.717) is 18.4 Å². The van der Waals surface area contributed by atoms with Gasteiger partial charge in [0.2, 0.25) is 17.7 Å². The van der Waals surface area contributed by atoms with Crippen LogP contribution in [0.2, 0.25) is 0 Å². The van der Waals surface area contributed by atoms with Gasteiger partial charge in [-0.2, -0.15) is 0 Å². The highest BCUT2D eigenvalue weighted by molar-refractivity contribution is 5.99. The molecule has 7 rings (SSSR count). The van der Waals surface area contributed by atoms with Gasteiger partial charge in [-0.25, -0.2) is 0 Å². The number of carbonyl (C=O) groups is 4. The minimum absolute atomic E-state index is 0.112. The van der Waals surface area contributed by atoms with E-state index in [0.717, 1.165) is 11.1 Å². The molecule has 2 fully saturated rings. The molecular weight excluding hydrogens is 658 g/mol. The van der Waals surface area contributed by atoms with Crippen LogP contribution in [-0.4, -0.2) is 93.5 Å². The van der Waals surface area contributed by atoms with Crippen LogP contribution in [0.5, 0.6) is 0 Å². The zero-order chi connectivity index (χ0) is 36.4. The third-order valence-electron chi connectivity index (χ3n) is 11.1. The summed E-state index contributed by atoms with van der Waals surface area (Å²) in [5, 5.41) is 10.9. The fourth-order valence-corrected chi connectivity index (χ4v) is 8.32. The lowest BCUT2D eigenvalue weighted by Crippen LogP contribution is -2.58. The zero-order valence-electron chi connectivity index (χ0n) is 29.5. The van der Waals surface area contributed by atoms with E-state index in [1.54, 1.807) is 29.0 Å². The van der Waals surface area contributed by atoms with Crippen molar-refractivity contribution >= 4 is 23.7 Å². The number of hydrogen-bond acceptors (Lipinski definition) is 7. The first kappa shape index (κ1) is 35.3. The Morgan fingerprint density at radius 1 is 0.865 bits per heavy atom. The Hall–Kier alpha value is -5.06. The molecule has 0 aliphatic carbocycles. The van der Waals surface area contributed by atoms with Crippen LogP contribution in [-0.2, 0) is 41.6 Å². The van der Waals surface area contributed by atoms with Gasteiger partial charge in [0.05, 0.1) is 30.7 Å². The van der Waals surface area contributed by atoms with Gasteiger partial charge < -0.3 is 29.3 Å². The molecule has 0 saturated carbocycles. The van der Waals surface area contributed by atoms with Gasteiger partial charge in [-0.15, -0.1) is 0 Å². The Bertz CT molecular complexity index is 1830. The first-order valence-corrected chi connectivity index (χ1v) is 18.1. The number of cyclic esters (lactones) is 1. The predicted molar refractivity (Wildman–Crippen MR) is 193 cm³/mol. The van der Waals surface area contributed by atoms with Crippen molar-refractivity contribution in [1.82, 2.24) is 14.7 Å². The van der Waals surface area contributed by atoms with Crippen molar-refractivity contribution in [3.8, 4) is 0 Å². The molecule has 0 aromatic heterocycles. The normalized spacial score (nSPS) is 30.4. The third-order valence-corrected chi connectivity index (χ3v) is 11.1. The maximum atomic E-state index is 15.1. The summed E-state index contributed by atoms with van der Waals surface area (Å²) in [5.41, 5.74) is 1.04. The zero-order valence-corrected chi connectivity index (χ0v) is 29.5. The van der Waals surface area contributed by atoms with E-state index >= 15 is 4.79 Å². The highest BCUT2D eigenvalue weighted by atomic mass is 16.6. The first-order valence-electron chi connectivity index (χ1n) is 18.1. The quantitative estimate of drug-likeness (QED) is 0.289. The van der Waals surface area contributed by atoms with Crippen molar-refractivity contribution in [2.24, 2.45) is 11.8 Å². The average Bonchev–Trinajstić information content (AvgIpc) is 3.82. The third kappa shape index (κ3) is 6.45. The number of likely N-dealkylation sites (tertiary alicyclic amines) is 1. The van der Waals surface area contributed by atoms with Crippen LogP contribution in [0.1, 0.15) is 42.6 Å². The lowest BCUT2D eigenvalue weighted by Gasteiger charge is -2.39. The van der Waals surface area contributed by atoms with Crippen LogP contribution in [0.15, 0.2) is 115 Å². The molecule has 0 radical (unpaired) electrons. The second-order valence-corrected chi connectivity index (χ2v) is 14.2. The molecule has 1 N–H and O–H groups in total. The largest absolute Gasteiger partial charge is 0.455 e. The Labute approximate surface area is 304 Å². The highest BCUT2D eigenvalue weighted by Gasteiger charge is 2.74. The number of likely N-dealkylation sites (N-methyl/N-ethyl adjacent to an activating group) is 1. The number of aliphatic hydroxyl groups is 1. The Morgan fingerprint density at radius 2 is 1.52 bits per heavy atom. The number of benzene rings is 3. The van der Waals surface area contributed by atoms with Crippen molar-refractivity contribution in [2.45, 2.75) is 68.7 Å². The average molecular weight is 704 g/mol. The molecule has 0 unspecified atom stereocenters. The predicted octanol–water partition coefficient (Wildman–Crippen LogP) is 4.25. The molecule has 52 heavy (non-hydrogen) atoms. The van der Waals surface area contributed by atoms with E-state index in [1.165, 1.54) is 4.90 Å². The van der Waals surface area contributed by atoms with Crippen LogP contribution in [0.4, 0.5) is 0 Å². The lowest BCUT2D eigenvalue weighted by atomic mass is 9.74. The fourth-order valence-electron chi connectivity index (χ4n) is 8.32. The minimum Gasteiger partial charge on any atom is -0.455 e. The van der Waals surface area contributed by atoms with Crippen molar-refractivity contribution in [1.29, 1.82) is 0 Å². The molecule has 10 heteroatoms. The maximum Gasteiger partial charge on any atom is 0.313 e. The van der Waals surface area contributed by atoms with E-state index < -0.39 is 66.3 Å². The van der Waals surface area contributed by atoms with E-state index in [2.05, 4.69) is 0 Å². The number of esters is 1. The lowest BCUT2D eigenvalue weighted by molar-refractivity contribution is -0.164.